The summed E-state index contributed by atoms with van der Waals surface area (Å²) in [6.45, 7) is 0.999. The molecular weight excluding hydrogens is 268 g/mol. The molecule has 21 heavy (non-hydrogen) atoms. The number of nitrogens with zero attached hydrogens (tertiary/aromatic N) is 4. The van der Waals surface area contributed by atoms with Gasteiger partial charge >= 0.3 is 6.09 Å². The summed E-state index contributed by atoms with van der Waals surface area (Å²) in [5, 5.41) is 13.2. The molecular formula is C15H16N4O2. The molecule has 0 spiro atoms. The summed E-state index contributed by atoms with van der Waals surface area (Å²) >= 11 is 0. The Hall–Kier alpha value is -2.63. The van der Waals surface area contributed by atoms with Gasteiger partial charge in [0.15, 0.2) is 5.82 Å². The highest BCUT2D eigenvalue weighted by Crippen LogP contribution is 2.24. The lowest BCUT2D eigenvalue weighted by Crippen LogP contribution is -2.33. The average molecular weight is 284 g/mol. The summed E-state index contributed by atoms with van der Waals surface area (Å²) in [5.41, 5.74) is 3.29. The molecule has 0 unspecified atom stereocenters. The van der Waals surface area contributed by atoms with E-state index in [9.17, 15) is 4.79 Å². The molecule has 1 aliphatic rings. The Morgan fingerprint density at radius 2 is 1.95 bits per heavy atom. The molecule has 2 aromatic rings. The van der Waals surface area contributed by atoms with Gasteiger partial charge < -0.3 is 10.0 Å². The SMILES string of the molecule is Cn1cnc(-c2ccc(C3=CCN(C(=O)O)CC3)cc2)n1. The van der Waals surface area contributed by atoms with Crippen molar-refractivity contribution in [1.29, 1.82) is 0 Å². The van der Waals surface area contributed by atoms with Gasteiger partial charge in [-0.05, 0) is 17.6 Å². The Balaban J connectivity index is 1.77. The largest absolute Gasteiger partial charge is 0.465 e. The molecule has 0 saturated heterocycles. The normalized spacial score (nSPS) is 14.9. The van der Waals surface area contributed by atoms with Crippen LogP contribution in [0, 0.1) is 0 Å². The molecule has 108 valence electrons. The topological polar surface area (TPSA) is 71.2 Å². The first-order valence-corrected chi connectivity index (χ1v) is 6.77. The molecule has 1 aromatic heterocycles. The molecule has 1 amide bonds. The Kier molecular flexibility index (Phi) is 3.43. The van der Waals surface area contributed by atoms with Gasteiger partial charge in [0.2, 0.25) is 0 Å². The maximum Gasteiger partial charge on any atom is 0.407 e. The van der Waals surface area contributed by atoms with E-state index in [1.165, 1.54) is 10.5 Å². The zero-order chi connectivity index (χ0) is 14.8. The molecule has 2 heterocycles. The molecule has 3 rings (SSSR count). The first-order valence-electron chi connectivity index (χ1n) is 6.77. The van der Waals surface area contributed by atoms with Crippen LogP contribution in [0.3, 0.4) is 0 Å². The van der Waals surface area contributed by atoms with Gasteiger partial charge in [-0.15, -0.1) is 0 Å². The second kappa shape index (κ2) is 5.40. The highest BCUT2D eigenvalue weighted by atomic mass is 16.4. The quantitative estimate of drug-likeness (QED) is 0.918. The molecule has 0 fully saturated rings. The third-order valence-corrected chi connectivity index (χ3v) is 3.59. The van der Waals surface area contributed by atoms with Crippen molar-refractivity contribution in [3.05, 3.63) is 42.2 Å². The predicted octanol–water partition coefficient (Wildman–Crippen LogP) is 2.25. The minimum atomic E-state index is -0.859. The Morgan fingerprint density at radius 3 is 2.48 bits per heavy atom. The molecule has 1 aromatic carbocycles. The molecule has 1 aliphatic heterocycles. The van der Waals surface area contributed by atoms with E-state index in [0.29, 0.717) is 18.9 Å². The van der Waals surface area contributed by atoms with Crippen LogP contribution in [-0.2, 0) is 7.05 Å². The molecule has 0 radical (unpaired) electrons. The fourth-order valence-electron chi connectivity index (χ4n) is 2.41. The van der Waals surface area contributed by atoms with E-state index in [1.54, 1.807) is 11.0 Å². The van der Waals surface area contributed by atoms with Gasteiger partial charge in [0.25, 0.3) is 0 Å². The second-order valence-corrected chi connectivity index (χ2v) is 5.03. The smallest absolute Gasteiger partial charge is 0.407 e. The van der Waals surface area contributed by atoms with Crippen LogP contribution in [0.4, 0.5) is 4.79 Å². The number of aromatic nitrogens is 3. The summed E-state index contributed by atoms with van der Waals surface area (Å²) in [6, 6.07) is 8.06. The maximum atomic E-state index is 10.9. The van der Waals surface area contributed by atoms with E-state index in [-0.39, 0.29) is 0 Å². The monoisotopic (exact) mass is 284 g/mol. The molecule has 0 saturated carbocycles. The van der Waals surface area contributed by atoms with E-state index in [1.807, 2.05) is 37.4 Å². The van der Waals surface area contributed by atoms with Gasteiger partial charge in [-0.2, -0.15) is 5.10 Å². The van der Waals surface area contributed by atoms with Crippen molar-refractivity contribution in [1.82, 2.24) is 19.7 Å². The number of carboxylic acid groups (broad SMARTS) is 1. The fraction of sp³-hybridized carbons (Fsp3) is 0.267. The van der Waals surface area contributed by atoms with Crippen molar-refractivity contribution in [2.75, 3.05) is 13.1 Å². The van der Waals surface area contributed by atoms with Crippen LogP contribution in [0.25, 0.3) is 17.0 Å². The van der Waals surface area contributed by atoms with Crippen LogP contribution >= 0.6 is 0 Å². The summed E-state index contributed by atoms with van der Waals surface area (Å²) in [4.78, 5) is 16.5. The number of rotatable bonds is 2. The first-order chi connectivity index (χ1) is 10.1. The van der Waals surface area contributed by atoms with Gasteiger partial charge in [-0.1, -0.05) is 30.3 Å². The zero-order valence-corrected chi connectivity index (χ0v) is 11.7. The van der Waals surface area contributed by atoms with E-state index in [0.717, 1.165) is 17.5 Å². The number of hydrogen-bond acceptors (Lipinski definition) is 3. The van der Waals surface area contributed by atoms with Crippen LogP contribution in [0.1, 0.15) is 12.0 Å². The average Bonchev–Trinajstić information content (AvgIpc) is 2.94. The molecule has 6 nitrogen and oxygen atoms in total. The second-order valence-electron chi connectivity index (χ2n) is 5.03. The van der Waals surface area contributed by atoms with E-state index in [2.05, 4.69) is 10.1 Å². The molecule has 0 aliphatic carbocycles. The van der Waals surface area contributed by atoms with E-state index in [4.69, 9.17) is 5.11 Å². The Bertz CT molecular complexity index is 688. The van der Waals surface area contributed by atoms with Gasteiger partial charge in [0.05, 0.1) is 0 Å². The highest BCUT2D eigenvalue weighted by molar-refractivity contribution is 5.72. The van der Waals surface area contributed by atoms with Gasteiger partial charge in [0.1, 0.15) is 6.33 Å². The Morgan fingerprint density at radius 1 is 1.24 bits per heavy atom. The molecule has 0 atom stereocenters. The van der Waals surface area contributed by atoms with Gasteiger partial charge in [0, 0.05) is 25.7 Å². The maximum absolute atomic E-state index is 10.9. The van der Waals surface area contributed by atoms with Crippen LogP contribution in [0.15, 0.2) is 36.7 Å². The van der Waals surface area contributed by atoms with Crippen molar-refractivity contribution < 1.29 is 9.90 Å². The number of amides is 1. The third-order valence-electron chi connectivity index (χ3n) is 3.59. The fourth-order valence-corrected chi connectivity index (χ4v) is 2.41. The lowest BCUT2D eigenvalue weighted by atomic mass is 9.98. The minimum absolute atomic E-state index is 0.453. The lowest BCUT2D eigenvalue weighted by molar-refractivity contribution is 0.150. The first kappa shape index (κ1) is 13.4. The Labute approximate surface area is 122 Å². The van der Waals surface area contributed by atoms with Crippen LogP contribution < -0.4 is 0 Å². The lowest BCUT2D eigenvalue weighted by Gasteiger charge is -2.23. The van der Waals surface area contributed by atoms with Crippen molar-refractivity contribution in [3.63, 3.8) is 0 Å². The predicted molar refractivity (Wildman–Crippen MR) is 78.6 cm³/mol. The van der Waals surface area contributed by atoms with Crippen LogP contribution in [0.5, 0.6) is 0 Å². The van der Waals surface area contributed by atoms with E-state index < -0.39 is 6.09 Å². The van der Waals surface area contributed by atoms with Crippen LogP contribution in [0.2, 0.25) is 0 Å². The minimum Gasteiger partial charge on any atom is -0.465 e. The molecule has 0 bridgehead atoms. The van der Waals surface area contributed by atoms with Crippen molar-refractivity contribution >= 4 is 11.7 Å². The standard InChI is InChI=1S/C15H16N4O2/c1-18-10-16-14(17-18)13-4-2-11(3-5-13)12-6-8-19(9-7-12)15(20)21/h2-6,10H,7-9H2,1H3,(H,20,21). The number of hydrogen-bond donors (Lipinski definition) is 1. The van der Waals surface area contributed by atoms with Crippen molar-refractivity contribution in [2.45, 2.75) is 6.42 Å². The number of aryl methyl sites for hydroxylation is 1. The van der Waals surface area contributed by atoms with Crippen LogP contribution in [-0.4, -0.2) is 44.0 Å². The summed E-state index contributed by atoms with van der Waals surface area (Å²) in [7, 11) is 1.84. The zero-order valence-electron chi connectivity index (χ0n) is 11.7. The number of carbonyl (C=O) groups is 1. The molecule has 6 heteroatoms. The van der Waals surface area contributed by atoms with Gasteiger partial charge in [-0.25, -0.2) is 9.78 Å². The summed E-state index contributed by atoms with van der Waals surface area (Å²) < 4.78 is 1.67. The summed E-state index contributed by atoms with van der Waals surface area (Å²) in [6.07, 6.45) is 3.54. The van der Waals surface area contributed by atoms with Crippen molar-refractivity contribution in [3.8, 4) is 11.4 Å². The molecule has 1 N–H and O–H groups in total. The van der Waals surface area contributed by atoms with E-state index >= 15 is 0 Å². The summed E-state index contributed by atoms with van der Waals surface area (Å²) in [5.74, 6) is 0.707. The third kappa shape index (κ3) is 2.79. The van der Waals surface area contributed by atoms with Gasteiger partial charge in [-0.3, -0.25) is 4.68 Å². The highest BCUT2D eigenvalue weighted by Gasteiger charge is 2.16. The number of benzene rings is 1. The van der Waals surface area contributed by atoms with Crippen molar-refractivity contribution in [2.24, 2.45) is 7.05 Å².